The van der Waals surface area contributed by atoms with Crippen LogP contribution in [-0.4, -0.2) is 41.1 Å². The number of aromatic nitrogens is 3. The van der Waals surface area contributed by atoms with Crippen LogP contribution in [-0.2, 0) is 11.2 Å². The zero-order chi connectivity index (χ0) is 19.4. The molecule has 8 heteroatoms. The van der Waals surface area contributed by atoms with Gasteiger partial charge in [-0.25, -0.2) is 9.78 Å². The summed E-state index contributed by atoms with van der Waals surface area (Å²) in [6.45, 7) is 5.01. The molecule has 0 bridgehead atoms. The molecule has 0 N–H and O–H groups in total. The first-order valence-electron chi connectivity index (χ1n) is 8.75. The summed E-state index contributed by atoms with van der Waals surface area (Å²) in [5.41, 5.74) is 2.03. The van der Waals surface area contributed by atoms with Crippen molar-refractivity contribution in [1.82, 2.24) is 15.0 Å². The predicted octanol–water partition coefficient (Wildman–Crippen LogP) is 4.29. The first-order valence-corrected chi connectivity index (χ1v) is 9.94. The van der Waals surface area contributed by atoms with Gasteiger partial charge in [-0.05, 0) is 54.6 Å². The number of carbonyl (C=O) groups excluding carboxylic acids is 1. The number of rotatable bonds is 7. The van der Waals surface area contributed by atoms with Crippen LogP contribution in [0.1, 0.15) is 34.1 Å². The van der Waals surface area contributed by atoms with Crippen molar-refractivity contribution in [3.8, 4) is 0 Å². The number of thiophene rings is 1. The molecule has 6 nitrogen and oxygen atoms in total. The fourth-order valence-electron chi connectivity index (χ4n) is 2.78. The van der Waals surface area contributed by atoms with Crippen molar-refractivity contribution in [1.29, 1.82) is 0 Å². The van der Waals surface area contributed by atoms with E-state index in [-0.39, 0.29) is 11.3 Å². The highest BCUT2D eigenvalue weighted by Crippen LogP contribution is 2.36. The summed E-state index contributed by atoms with van der Waals surface area (Å²) in [6.07, 6.45) is 5.19. The maximum absolute atomic E-state index is 12.4. The molecule has 3 aromatic rings. The standard InChI is InChI=1S/C19H21ClN4O2S/c1-4-11-26-18(25)15-12(2)14-16(22-19(20)23-17(14)27-15)24(3)10-7-13-5-8-21-9-6-13/h5-6,8-9H,4,7,10-11H2,1-3H3. The number of aryl methyl sites for hydroxylation is 1. The van der Waals surface area contributed by atoms with E-state index in [0.717, 1.165) is 36.2 Å². The van der Waals surface area contributed by atoms with Gasteiger partial charge in [-0.1, -0.05) is 6.92 Å². The zero-order valence-corrected chi connectivity index (χ0v) is 17.1. The number of hydrogen-bond acceptors (Lipinski definition) is 7. The molecule has 0 amide bonds. The highest BCUT2D eigenvalue weighted by molar-refractivity contribution is 7.20. The Morgan fingerprint density at radius 2 is 2.04 bits per heavy atom. The Labute approximate surface area is 167 Å². The predicted molar refractivity (Wildman–Crippen MR) is 109 cm³/mol. The van der Waals surface area contributed by atoms with E-state index in [1.165, 1.54) is 16.9 Å². The first kappa shape index (κ1) is 19.5. The minimum Gasteiger partial charge on any atom is -0.462 e. The van der Waals surface area contributed by atoms with E-state index in [1.54, 1.807) is 12.4 Å². The molecule has 27 heavy (non-hydrogen) atoms. The summed E-state index contributed by atoms with van der Waals surface area (Å²) in [5, 5.41) is 1.02. The Bertz CT molecular complexity index is 946. The van der Waals surface area contributed by atoms with Crippen molar-refractivity contribution < 1.29 is 9.53 Å². The molecule has 0 saturated heterocycles. The quantitative estimate of drug-likeness (QED) is 0.432. The Morgan fingerprint density at radius 1 is 1.30 bits per heavy atom. The number of hydrogen-bond donors (Lipinski definition) is 0. The van der Waals surface area contributed by atoms with Crippen LogP contribution >= 0.6 is 22.9 Å². The summed E-state index contributed by atoms with van der Waals surface area (Å²) in [6, 6.07) is 3.99. The third-order valence-electron chi connectivity index (χ3n) is 4.21. The van der Waals surface area contributed by atoms with Gasteiger partial charge in [-0.15, -0.1) is 11.3 Å². The Hall–Kier alpha value is -2.25. The van der Waals surface area contributed by atoms with E-state index in [1.807, 2.05) is 37.9 Å². The molecule has 0 fully saturated rings. The number of ether oxygens (including phenoxy) is 1. The highest BCUT2D eigenvalue weighted by atomic mass is 35.5. The third-order valence-corrected chi connectivity index (χ3v) is 5.55. The van der Waals surface area contributed by atoms with Gasteiger partial charge in [-0.3, -0.25) is 4.98 Å². The molecular weight excluding hydrogens is 384 g/mol. The van der Waals surface area contributed by atoms with Gasteiger partial charge in [0.25, 0.3) is 0 Å². The number of pyridine rings is 1. The average Bonchev–Trinajstić information content (AvgIpc) is 3.00. The minimum atomic E-state index is -0.320. The maximum atomic E-state index is 12.4. The van der Waals surface area contributed by atoms with E-state index in [4.69, 9.17) is 16.3 Å². The van der Waals surface area contributed by atoms with E-state index in [0.29, 0.717) is 16.3 Å². The molecule has 3 rings (SSSR count). The van der Waals surface area contributed by atoms with Gasteiger partial charge in [0.15, 0.2) is 0 Å². The molecule has 3 heterocycles. The van der Waals surface area contributed by atoms with Crippen LogP contribution in [0.5, 0.6) is 0 Å². The molecule has 3 aromatic heterocycles. The normalized spacial score (nSPS) is 11.0. The number of esters is 1. The Morgan fingerprint density at radius 3 is 2.74 bits per heavy atom. The van der Waals surface area contributed by atoms with Gasteiger partial charge in [0.1, 0.15) is 15.5 Å². The van der Waals surface area contributed by atoms with Crippen LogP contribution in [0.3, 0.4) is 0 Å². The SMILES string of the molecule is CCCOC(=O)c1sc2nc(Cl)nc(N(C)CCc3ccncc3)c2c1C. The third kappa shape index (κ3) is 4.36. The van der Waals surface area contributed by atoms with Crippen LogP contribution in [0.4, 0.5) is 5.82 Å². The van der Waals surface area contributed by atoms with E-state index < -0.39 is 0 Å². The lowest BCUT2D eigenvalue weighted by Crippen LogP contribution is -2.22. The van der Waals surface area contributed by atoms with Crippen LogP contribution in [0.25, 0.3) is 10.2 Å². The number of halogens is 1. The number of nitrogens with zero attached hydrogens (tertiary/aromatic N) is 4. The van der Waals surface area contributed by atoms with Crippen molar-refractivity contribution in [2.24, 2.45) is 0 Å². The van der Waals surface area contributed by atoms with Crippen molar-refractivity contribution in [3.63, 3.8) is 0 Å². The average molecular weight is 405 g/mol. The number of anilines is 1. The van der Waals surface area contributed by atoms with Crippen LogP contribution in [0.15, 0.2) is 24.5 Å². The second kappa shape index (κ2) is 8.63. The summed E-state index contributed by atoms with van der Waals surface area (Å²) in [7, 11) is 1.96. The fraction of sp³-hybridized carbons (Fsp3) is 0.368. The van der Waals surface area contributed by atoms with Gasteiger partial charge < -0.3 is 9.64 Å². The summed E-state index contributed by atoms with van der Waals surface area (Å²) >= 11 is 7.44. The number of likely N-dealkylation sites (N-methyl/N-ethyl adjacent to an activating group) is 1. The van der Waals surface area contributed by atoms with Crippen LogP contribution in [0, 0.1) is 6.92 Å². The van der Waals surface area contributed by atoms with Gasteiger partial charge >= 0.3 is 5.97 Å². The number of fused-ring (bicyclic) bond motifs is 1. The molecule has 0 atom stereocenters. The lowest BCUT2D eigenvalue weighted by molar-refractivity contribution is 0.0510. The Kier molecular flexibility index (Phi) is 6.23. The van der Waals surface area contributed by atoms with E-state index in [9.17, 15) is 4.79 Å². The van der Waals surface area contributed by atoms with Gasteiger partial charge in [0.05, 0.1) is 12.0 Å². The van der Waals surface area contributed by atoms with E-state index >= 15 is 0 Å². The molecule has 0 aliphatic heterocycles. The lowest BCUT2D eigenvalue weighted by atomic mass is 10.1. The topological polar surface area (TPSA) is 68.2 Å². The monoisotopic (exact) mass is 404 g/mol. The summed E-state index contributed by atoms with van der Waals surface area (Å²) < 4.78 is 5.29. The van der Waals surface area contributed by atoms with Gasteiger partial charge in [0.2, 0.25) is 5.28 Å². The molecule has 0 aliphatic carbocycles. The number of carbonyl (C=O) groups is 1. The minimum absolute atomic E-state index is 0.169. The molecule has 0 aromatic carbocycles. The summed E-state index contributed by atoms with van der Waals surface area (Å²) in [4.78, 5) is 28.4. The highest BCUT2D eigenvalue weighted by Gasteiger charge is 2.22. The fourth-order valence-corrected chi connectivity index (χ4v) is 4.06. The molecule has 142 valence electrons. The largest absolute Gasteiger partial charge is 0.462 e. The molecule has 0 saturated carbocycles. The molecule has 0 unspecified atom stereocenters. The molecule has 0 radical (unpaired) electrons. The smallest absolute Gasteiger partial charge is 0.348 e. The van der Waals surface area contributed by atoms with Crippen molar-refractivity contribution in [3.05, 3.63) is 45.8 Å². The molecular formula is C19H21ClN4O2S. The van der Waals surface area contributed by atoms with Crippen molar-refractivity contribution in [2.75, 3.05) is 25.1 Å². The van der Waals surface area contributed by atoms with Crippen molar-refractivity contribution >= 4 is 44.9 Å². The van der Waals surface area contributed by atoms with Crippen molar-refractivity contribution in [2.45, 2.75) is 26.7 Å². The second-order valence-corrected chi connectivity index (χ2v) is 7.55. The van der Waals surface area contributed by atoms with Crippen LogP contribution < -0.4 is 4.90 Å². The maximum Gasteiger partial charge on any atom is 0.348 e. The van der Waals surface area contributed by atoms with Crippen LogP contribution in [0.2, 0.25) is 5.28 Å². The second-order valence-electron chi connectivity index (χ2n) is 6.22. The molecule has 0 aliphatic rings. The van der Waals surface area contributed by atoms with Gasteiger partial charge in [0, 0.05) is 26.0 Å². The molecule has 0 spiro atoms. The summed E-state index contributed by atoms with van der Waals surface area (Å²) in [5.74, 6) is 0.404. The Balaban J connectivity index is 1.92. The van der Waals surface area contributed by atoms with Gasteiger partial charge in [-0.2, -0.15) is 4.98 Å². The lowest BCUT2D eigenvalue weighted by Gasteiger charge is -2.19. The zero-order valence-electron chi connectivity index (χ0n) is 15.5. The van der Waals surface area contributed by atoms with E-state index in [2.05, 4.69) is 15.0 Å². The first-order chi connectivity index (χ1) is 13.0.